The Labute approximate surface area is 108 Å². The van der Waals surface area contributed by atoms with E-state index >= 15 is 0 Å². The Balaban J connectivity index is 1.94. The van der Waals surface area contributed by atoms with Crippen molar-refractivity contribution in [2.75, 3.05) is 13.1 Å². The number of carbonyl (C=O) groups excluding carboxylic acids is 1. The molecule has 1 amide bonds. The Morgan fingerprint density at radius 2 is 1.56 bits per heavy atom. The van der Waals surface area contributed by atoms with E-state index in [0.717, 1.165) is 0 Å². The van der Waals surface area contributed by atoms with Crippen LogP contribution in [0.4, 0.5) is 4.79 Å². The highest BCUT2D eigenvalue weighted by atomic mass is 16.6. The molecule has 2 N–H and O–H groups in total. The minimum atomic E-state index is -0.648. The van der Waals surface area contributed by atoms with Crippen molar-refractivity contribution < 1.29 is 19.7 Å². The maximum absolute atomic E-state index is 11.9. The molecular weight excluding hydrogens is 234 g/mol. The van der Waals surface area contributed by atoms with Crippen LogP contribution in [0, 0.1) is 11.8 Å². The van der Waals surface area contributed by atoms with Crippen molar-refractivity contribution >= 4 is 6.09 Å². The minimum Gasteiger partial charge on any atom is -0.444 e. The van der Waals surface area contributed by atoms with Crippen LogP contribution in [0.25, 0.3) is 0 Å². The molecule has 5 heteroatoms. The smallest absolute Gasteiger partial charge is 0.410 e. The number of likely N-dealkylation sites (tertiary alicyclic amines) is 1. The molecule has 4 atom stereocenters. The molecule has 1 saturated carbocycles. The summed E-state index contributed by atoms with van der Waals surface area (Å²) in [7, 11) is 0. The summed E-state index contributed by atoms with van der Waals surface area (Å²) in [6.45, 7) is 6.80. The van der Waals surface area contributed by atoms with Crippen LogP contribution in [0.1, 0.15) is 33.6 Å². The van der Waals surface area contributed by atoms with E-state index in [4.69, 9.17) is 4.74 Å². The molecule has 0 bridgehead atoms. The Bertz CT molecular complexity index is 307. The number of nitrogens with zero attached hydrogens (tertiary/aromatic N) is 1. The zero-order chi connectivity index (χ0) is 13.5. The summed E-state index contributed by atoms with van der Waals surface area (Å²) in [5.74, 6) is 0.576. The first-order valence-corrected chi connectivity index (χ1v) is 6.60. The first-order chi connectivity index (χ1) is 8.26. The van der Waals surface area contributed by atoms with E-state index in [1.54, 1.807) is 4.90 Å². The summed E-state index contributed by atoms with van der Waals surface area (Å²) in [5.41, 5.74) is -0.482. The van der Waals surface area contributed by atoms with Gasteiger partial charge in [-0.15, -0.1) is 0 Å². The van der Waals surface area contributed by atoms with Crippen molar-refractivity contribution in [3.8, 4) is 0 Å². The average Bonchev–Trinajstić information content (AvgIpc) is 2.59. The molecule has 18 heavy (non-hydrogen) atoms. The largest absolute Gasteiger partial charge is 0.444 e. The second-order valence-corrected chi connectivity index (χ2v) is 6.51. The monoisotopic (exact) mass is 257 g/mol. The van der Waals surface area contributed by atoms with E-state index in [1.807, 2.05) is 20.8 Å². The molecule has 0 aromatic heterocycles. The number of aliphatic hydroxyl groups is 2. The van der Waals surface area contributed by atoms with Gasteiger partial charge in [-0.2, -0.15) is 0 Å². The second-order valence-electron chi connectivity index (χ2n) is 6.51. The lowest BCUT2D eigenvalue weighted by Crippen LogP contribution is -2.38. The van der Waals surface area contributed by atoms with Crippen molar-refractivity contribution in [2.24, 2.45) is 11.8 Å². The summed E-state index contributed by atoms with van der Waals surface area (Å²) < 4.78 is 5.34. The van der Waals surface area contributed by atoms with Gasteiger partial charge < -0.3 is 19.8 Å². The fourth-order valence-electron chi connectivity index (χ4n) is 2.88. The third-order valence-corrected chi connectivity index (χ3v) is 3.76. The molecule has 1 heterocycles. The van der Waals surface area contributed by atoms with Crippen LogP contribution in [0.15, 0.2) is 0 Å². The van der Waals surface area contributed by atoms with E-state index in [2.05, 4.69) is 0 Å². The Morgan fingerprint density at radius 3 is 1.94 bits per heavy atom. The molecule has 0 unspecified atom stereocenters. The SMILES string of the molecule is CC(C)(C)OC(=O)N1C[C@H]2C[C@H](O)[C@@H](O)C[C@H]2C1. The maximum atomic E-state index is 11.9. The number of aliphatic hydroxyl groups excluding tert-OH is 2. The summed E-state index contributed by atoms with van der Waals surface area (Å²) in [6.07, 6.45) is -0.438. The van der Waals surface area contributed by atoms with Crippen LogP contribution >= 0.6 is 0 Å². The van der Waals surface area contributed by atoms with Gasteiger partial charge in [0.05, 0.1) is 12.2 Å². The topological polar surface area (TPSA) is 70.0 Å². The number of fused-ring (bicyclic) bond motifs is 1. The Hall–Kier alpha value is -0.810. The summed E-state index contributed by atoms with van der Waals surface area (Å²) in [6, 6.07) is 0. The third-order valence-electron chi connectivity index (χ3n) is 3.76. The fraction of sp³-hybridized carbons (Fsp3) is 0.923. The van der Waals surface area contributed by atoms with Crippen LogP contribution in [0.3, 0.4) is 0 Å². The van der Waals surface area contributed by atoms with Gasteiger partial charge in [0, 0.05) is 13.1 Å². The number of hydrogen-bond donors (Lipinski definition) is 2. The molecule has 0 aromatic rings. The Morgan fingerprint density at radius 1 is 1.11 bits per heavy atom. The molecule has 2 fully saturated rings. The first-order valence-electron chi connectivity index (χ1n) is 6.60. The molecule has 0 spiro atoms. The Kier molecular flexibility index (Phi) is 3.56. The number of rotatable bonds is 0. The molecule has 2 aliphatic rings. The van der Waals surface area contributed by atoms with E-state index in [0.29, 0.717) is 25.9 Å². The van der Waals surface area contributed by atoms with Crippen molar-refractivity contribution in [1.29, 1.82) is 0 Å². The molecular formula is C13H23NO4. The first kappa shape index (κ1) is 13.6. The molecule has 1 aliphatic carbocycles. The van der Waals surface area contributed by atoms with Crippen LogP contribution in [-0.4, -0.2) is 52.1 Å². The third kappa shape index (κ3) is 2.95. The summed E-state index contributed by atoms with van der Waals surface area (Å²) in [4.78, 5) is 13.6. The predicted molar refractivity (Wildman–Crippen MR) is 66.0 cm³/mol. The highest BCUT2D eigenvalue weighted by molar-refractivity contribution is 5.68. The standard InChI is InChI=1S/C13H23NO4/c1-13(2,3)18-12(17)14-6-8-4-10(15)11(16)5-9(8)7-14/h8-11,15-16H,4-7H2,1-3H3/t8-,9+,10-,11-/m0/s1. The lowest BCUT2D eigenvalue weighted by Gasteiger charge is -2.31. The van der Waals surface area contributed by atoms with E-state index in [1.165, 1.54) is 0 Å². The lowest BCUT2D eigenvalue weighted by molar-refractivity contribution is -0.0372. The van der Waals surface area contributed by atoms with E-state index in [-0.39, 0.29) is 17.9 Å². The van der Waals surface area contributed by atoms with Crippen molar-refractivity contribution in [3.05, 3.63) is 0 Å². The maximum Gasteiger partial charge on any atom is 0.410 e. The highest BCUT2D eigenvalue weighted by Crippen LogP contribution is 2.36. The van der Waals surface area contributed by atoms with Gasteiger partial charge in [0.2, 0.25) is 0 Å². The van der Waals surface area contributed by atoms with Gasteiger partial charge in [0.1, 0.15) is 5.60 Å². The second kappa shape index (κ2) is 4.70. The van der Waals surface area contributed by atoms with Crippen LogP contribution in [-0.2, 0) is 4.74 Å². The summed E-state index contributed by atoms with van der Waals surface area (Å²) >= 11 is 0. The molecule has 104 valence electrons. The van der Waals surface area contributed by atoms with Gasteiger partial charge in [0.25, 0.3) is 0 Å². The van der Waals surface area contributed by atoms with Gasteiger partial charge >= 0.3 is 6.09 Å². The van der Waals surface area contributed by atoms with E-state index in [9.17, 15) is 15.0 Å². The lowest BCUT2D eigenvalue weighted by atomic mass is 9.79. The zero-order valence-corrected chi connectivity index (χ0v) is 11.3. The van der Waals surface area contributed by atoms with Gasteiger partial charge in [-0.1, -0.05) is 0 Å². The molecule has 1 aliphatic heterocycles. The molecule has 0 aromatic carbocycles. The van der Waals surface area contributed by atoms with Crippen molar-refractivity contribution in [2.45, 2.75) is 51.4 Å². The normalized spacial score (nSPS) is 36.4. The zero-order valence-electron chi connectivity index (χ0n) is 11.3. The van der Waals surface area contributed by atoms with Crippen molar-refractivity contribution in [3.63, 3.8) is 0 Å². The molecule has 5 nitrogen and oxygen atoms in total. The number of hydrogen-bond acceptors (Lipinski definition) is 4. The van der Waals surface area contributed by atoms with Crippen molar-refractivity contribution in [1.82, 2.24) is 4.90 Å². The average molecular weight is 257 g/mol. The van der Waals surface area contributed by atoms with Gasteiger partial charge in [0.15, 0.2) is 0 Å². The van der Waals surface area contributed by atoms with E-state index < -0.39 is 17.8 Å². The number of carbonyl (C=O) groups is 1. The minimum absolute atomic E-state index is 0.288. The number of amides is 1. The van der Waals surface area contributed by atoms with Crippen LogP contribution < -0.4 is 0 Å². The fourth-order valence-corrected chi connectivity index (χ4v) is 2.88. The van der Waals surface area contributed by atoms with Crippen LogP contribution in [0.2, 0.25) is 0 Å². The highest BCUT2D eigenvalue weighted by Gasteiger charge is 2.43. The number of ether oxygens (including phenoxy) is 1. The van der Waals surface area contributed by atoms with Gasteiger partial charge in [-0.25, -0.2) is 4.79 Å². The predicted octanol–water partition coefficient (Wildman–Crippen LogP) is 0.985. The van der Waals surface area contributed by atoms with Gasteiger partial charge in [-0.05, 0) is 45.4 Å². The summed E-state index contributed by atoms with van der Waals surface area (Å²) in [5, 5.41) is 19.3. The molecule has 2 rings (SSSR count). The molecule has 0 radical (unpaired) electrons. The van der Waals surface area contributed by atoms with Crippen LogP contribution in [0.5, 0.6) is 0 Å². The molecule has 1 saturated heterocycles. The van der Waals surface area contributed by atoms with Gasteiger partial charge in [-0.3, -0.25) is 0 Å². The quantitative estimate of drug-likeness (QED) is 0.679.